The van der Waals surface area contributed by atoms with Crippen molar-refractivity contribution >= 4 is 38.9 Å². The second-order valence-corrected chi connectivity index (χ2v) is 9.87. The maximum Gasteiger partial charge on any atom is 0.265 e. The normalized spacial score (nSPS) is 18.9. The highest BCUT2D eigenvalue weighted by Gasteiger charge is 2.38. The molecule has 0 saturated carbocycles. The molecule has 1 saturated heterocycles. The molecule has 0 N–H and O–H groups in total. The second-order valence-electron chi connectivity index (χ2n) is 7.52. The van der Waals surface area contributed by atoms with Crippen LogP contribution in [0.1, 0.15) is 0 Å². The van der Waals surface area contributed by atoms with E-state index in [0.717, 1.165) is 17.7 Å². The lowest BCUT2D eigenvalue weighted by Crippen LogP contribution is -2.56. The van der Waals surface area contributed by atoms with E-state index in [1.54, 1.807) is 24.1 Å². The van der Waals surface area contributed by atoms with Crippen LogP contribution in [0.25, 0.3) is 0 Å². The van der Waals surface area contributed by atoms with Crippen LogP contribution in [0.3, 0.4) is 0 Å². The number of fused-ring (bicyclic) bond motifs is 1. The Labute approximate surface area is 186 Å². The molecule has 2 aromatic rings. The number of methoxy groups -OCH3 is 1. The third-order valence-corrected chi connectivity index (χ3v) is 6.88. The molecule has 0 aliphatic carbocycles. The van der Waals surface area contributed by atoms with Gasteiger partial charge in [0.15, 0.2) is 6.10 Å². The SMILES string of the molecule is COc1ccc(N2CCN(C(=O)[C@@H]3CN(S(C)(=O)=O)c4cc(Cl)ccc4O3)CC2)cc1. The average Bonchev–Trinajstić information content (AvgIpc) is 2.77. The highest BCUT2D eigenvalue weighted by molar-refractivity contribution is 7.92. The summed E-state index contributed by atoms with van der Waals surface area (Å²) in [6.45, 7) is 2.32. The second kappa shape index (κ2) is 8.47. The Balaban J connectivity index is 1.45. The first-order valence-corrected chi connectivity index (χ1v) is 12.1. The van der Waals surface area contributed by atoms with Crippen molar-refractivity contribution in [2.75, 3.05) is 55.3 Å². The zero-order valence-corrected chi connectivity index (χ0v) is 18.9. The Hall–Kier alpha value is -2.65. The first-order valence-electron chi connectivity index (χ1n) is 9.88. The maximum absolute atomic E-state index is 13.1. The maximum atomic E-state index is 13.1. The van der Waals surface area contributed by atoms with Gasteiger partial charge in [0.2, 0.25) is 10.0 Å². The molecule has 2 aromatic carbocycles. The van der Waals surface area contributed by atoms with Gasteiger partial charge in [0.1, 0.15) is 11.5 Å². The van der Waals surface area contributed by atoms with Gasteiger partial charge < -0.3 is 19.3 Å². The van der Waals surface area contributed by atoms with E-state index in [1.165, 1.54) is 10.4 Å². The fourth-order valence-electron chi connectivity index (χ4n) is 3.85. The predicted molar refractivity (Wildman–Crippen MR) is 120 cm³/mol. The van der Waals surface area contributed by atoms with Crippen LogP contribution in [0.5, 0.6) is 11.5 Å². The smallest absolute Gasteiger partial charge is 0.265 e. The molecule has 2 aliphatic rings. The van der Waals surface area contributed by atoms with E-state index >= 15 is 0 Å². The third kappa shape index (κ3) is 4.52. The van der Waals surface area contributed by atoms with E-state index in [4.69, 9.17) is 21.1 Å². The fraction of sp³-hybridized carbons (Fsp3) is 0.381. The van der Waals surface area contributed by atoms with Gasteiger partial charge >= 0.3 is 0 Å². The summed E-state index contributed by atoms with van der Waals surface area (Å²) in [5.41, 5.74) is 1.42. The number of rotatable bonds is 4. The lowest BCUT2D eigenvalue weighted by atomic mass is 10.2. The van der Waals surface area contributed by atoms with E-state index in [0.29, 0.717) is 42.6 Å². The summed E-state index contributed by atoms with van der Waals surface area (Å²) in [4.78, 5) is 17.1. The van der Waals surface area contributed by atoms with Crippen LogP contribution >= 0.6 is 11.6 Å². The number of piperazine rings is 1. The molecular weight excluding hydrogens is 442 g/mol. The largest absolute Gasteiger partial charge is 0.497 e. The summed E-state index contributed by atoms with van der Waals surface area (Å²) in [6.07, 6.45) is 0.203. The first-order chi connectivity index (χ1) is 14.8. The summed E-state index contributed by atoms with van der Waals surface area (Å²) in [5.74, 6) is 0.906. The minimum Gasteiger partial charge on any atom is -0.497 e. The van der Waals surface area contributed by atoms with Crippen molar-refractivity contribution in [2.45, 2.75) is 6.10 Å². The molecule has 10 heteroatoms. The van der Waals surface area contributed by atoms with Gasteiger partial charge in [0.25, 0.3) is 5.91 Å². The summed E-state index contributed by atoms with van der Waals surface area (Å²) in [6, 6.07) is 12.5. The number of amides is 1. The number of ether oxygens (including phenoxy) is 2. The zero-order valence-electron chi connectivity index (χ0n) is 17.3. The predicted octanol–water partition coefficient (Wildman–Crippen LogP) is 2.22. The fourth-order valence-corrected chi connectivity index (χ4v) is 4.92. The number of carbonyl (C=O) groups is 1. The van der Waals surface area contributed by atoms with Gasteiger partial charge in [-0.25, -0.2) is 8.42 Å². The van der Waals surface area contributed by atoms with Crippen LogP contribution in [0.2, 0.25) is 5.02 Å². The molecule has 1 amide bonds. The molecule has 166 valence electrons. The minimum absolute atomic E-state index is 0.0797. The number of hydrogen-bond donors (Lipinski definition) is 0. The van der Waals surface area contributed by atoms with E-state index in [1.807, 2.05) is 24.3 Å². The van der Waals surface area contributed by atoms with Crippen LogP contribution in [-0.2, 0) is 14.8 Å². The van der Waals surface area contributed by atoms with Crippen molar-refractivity contribution in [3.05, 3.63) is 47.5 Å². The molecular formula is C21H24ClN3O5S. The van der Waals surface area contributed by atoms with Crippen LogP contribution in [0.15, 0.2) is 42.5 Å². The quantitative estimate of drug-likeness (QED) is 0.689. The van der Waals surface area contributed by atoms with Crippen molar-refractivity contribution in [3.63, 3.8) is 0 Å². The van der Waals surface area contributed by atoms with Crippen LogP contribution in [0.4, 0.5) is 11.4 Å². The van der Waals surface area contributed by atoms with Gasteiger partial charge in [-0.05, 0) is 42.5 Å². The Morgan fingerprint density at radius 2 is 1.77 bits per heavy atom. The molecule has 0 unspecified atom stereocenters. The van der Waals surface area contributed by atoms with Crippen molar-refractivity contribution in [1.82, 2.24) is 4.90 Å². The third-order valence-electron chi connectivity index (χ3n) is 5.50. The monoisotopic (exact) mass is 465 g/mol. The number of benzene rings is 2. The molecule has 1 atom stereocenters. The standard InChI is InChI=1S/C21H24ClN3O5S/c1-29-17-6-4-16(5-7-17)23-9-11-24(12-10-23)21(26)20-14-25(31(2,27)28)18-13-15(22)3-8-19(18)30-20/h3-8,13,20H,9-12,14H2,1-2H3/t20-/m0/s1. The number of halogens is 1. The number of carbonyl (C=O) groups excluding carboxylic acids is 1. The van der Waals surface area contributed by atoms with Crippen molar-refractivity contribution < 1.29 is 22.7 Å². The highest BCUT2D eigenvalue weighted by Crippen LogP contribution is 2.37. The van der Waals surface area contributed by atoms with E-state index in [9.17, 15) is 13.2 Å². The van der Waals surface area contributed by atoms with Gasteiger partial charge in [0.05, 0.1) is 25.6 Å². The topological polar surface area (TPSA) is 79.4 Å². The van der Waals surface area contributed by atoms with Crippen molar-refractivity contribution in [2.24, 2.45) is 0 Å². The van der Waals surface area contributed by atoms with E-state index < -0.39 is 16.1 Å². The van der Waals surface area contributed by atoms with Gasteiger partial charge in [0, 0.05) is 36.9 Å². The molecule has 0 bridgehead atoms. The zero-order chi connectivity index (χ0) is 22.2. The van der Waals surface area contributed by atoms with E-state index in [-0.39, 0.29) is 12.5 Å². The Bertz CT molecular complexity index is 1070. The summed E-state index contributed by atoms with van der Waals surface area (Å²) >= 11 is 6.03. The Morgan fingerprint density at radius 1 is 1.10 bits per heavy atom. The van der Waals surface area contributed by atoms with Crippen molar-refractivity contribution in [3.8, 4) is 11.5 Å². The molecule has 2 aliphatic heterocycles. The van der Waals surface area contributed by atoms with Crippen LogP contribution < -0.4 is 18.7 Å². The lowest BCUT2D eigenvalue weighted by molar-refractivity contribution is -0.138. The summed E-state index contributed by atoms with van der Waals surface area (Å²) in [5, 5.41) is 0.399. The molecule has 0 radical (unpaired) electrons. The van der Waals surface area contributed by atoms with Gasteiger partial charge in [-0.3, -0.25) is 9.10 Å². The van der Waals surface area contributed by atoms with Crippen LogP contribution in [-0.4, -0.2) is 71.4 Å². The minimum atomic E-state index is -3.60. The summed E-state index contributed by atoms with van der Waals surface area (Å²) < 4.78 is 36.9. The van der Waals surface area contributed by atoms with Gasteiger partial charge in [-0.2, -0.15) is 0 Å². The Morgan fingerprint density at radius 3 is 2.39 bits per heavy atom. The van der Waals surface area contributed by atoms with Gasteiger partial charge in [-0.1, -0.05) is 11.6 Å². The molecule has 8 nitrogen and oxygen atoms in total. The van der Waals surface area contributed by atoms with Gasteiger partial charge in [-0.15, -0.1) is 0 Å². The molecule has 0 spiro atoms. The molecule has 4 rings (SSSR count). The first kappa shape index (κ1) is 21.6. The molecule has 2 heterocycles. The Kier molecular flexibility index (Phi) is 5.90. The molecule has 0 aromatic heterocycles. The average molecular weight is 466 g/mol. The van der Waals surface area contributed by atoms with Crippen LogP contribution in [0, 0.1) is 0 Å². The van der Waals surface area contributed by atoms with Crippen molar-refractivity contribution in [1.29, 1.82) is 0 Å². The molecule has 31 heavy (non-hydrogen) atoms. The number of sulfonamides is 1. The number of anilines is 2. The highest BCUT2D eigenvalue weighted by atomic mass is 35.5. The molecule has 1 fully saturated rings. The number of hydrogen-bond acceptors (Lipinski definition) is 6. The van der Waals surface area contributed by atoms with E-state index in [2.05, 4.69) is 4.90 Å². The number of nitrogens with zero attached hydrogens (tertiary/aromatic N) is 3. The lowest BCUT2D eigenvalue weighted by Gasteiger charge is -2.40. The summed E-state index contributed by atoms with van der Waals surface area (Å²) in [7, 11) is -1.97.